The van der Waals surface area contributed by atoms with Crippen molar-refractivity contribution in [2.75, 3.05) is 19.0 Å². The fraction of sp³-hybridized carbons (Fsp3) is 0.250. The van der Waals surface area contributed by atoms with Crippen molar-refractivity contribution in [3.8, 4) is 5.75 Å². The van der Waals surface area contributed by atoms with Crippen LogP contribution >= 0.6 is 11.6 Å². The molecule has 0 aliphatic carbocycles. The third kappa shape index (κ3) is 2.51. The highest BCUT2D eigenvalue weighted by atomic mass is 35.5. The zero-order valence-corrected chi connectivity index (χ0v) is 12.7. The number of methoxy groups -OCH3 is 1. The van der Waals surface area contributed by atoms with E-state index in [2.05, 4.69) is 5.32 Å². The Bertz CT molecular complexity index is 762. The minimum Gasteiger partial charge on any atom is -0.496 e. The van der Waals surface area contributed by atoms with E-state index < -0.39 is 17.4 Å². The van der Waals surface area contributed by atoms with Gasteiger partial charge in [-0.25, -0.2) is 4.39 Å². The Hall–Kier alpha value is -1.95. The summed E-state index contributed by atoms with van der Waals surface area (Å²) in [5.74, 6) is 0.226. The molecule has 1 unspecified atom stereocenters. The molecule has 0 spiro atoms. The van der Waals surface area contributed by atoms with Crippen molar-refractivity contribution in [3.63, 3.8) is 0 Å². The summed E-state index contributed by atoms with van der Waals surface area (Å²) in [6.45, 7) is -0.327. The van der Waals surface area contributed by atoms with E-state index >= 15 is 4.39 Å². The van der Waals surface area contributed by atoms with E-state index in [9.17, 15) is 13.2 Å². The molecule has 7 heteroatoms. The van der Waals surface area contributed by atoms with Gasteiger partial charge >= 0.3 is 6.18 Å². The predicted octanol–water partition coefficient (Wildman–Crippen LogP) is 5.01. The van der Waals surface area contributed by atoms with Gasteiger partial charge in [0.25, 0.3) is 0 Å². The molecular formula is C16H12ClF4NO. The fourth-order valence-corrected chi connectivity index (χ4v) is 3.02. The molecule has 3 rings (SSSR count). The van der Waals surface area contributed by atoms with Crippen molar-refractivity contribution >= 4 is 17.3 Å². The van der Waals surface area contributed by atoms with E-state index in [1.165, 1.54) is 37.4 Å². The monoisotopic (exact) mass is 345 g/mol. The van der Waals surface area contributed by atoms with Crippen molar-refractivity contribution < 1.29 is 22.3 Å². The highest BCUT2D eigenvalue weighted by molar-refractivity contribution is 6.30. The van der Waals surface area contributed by atoms with Crippen LogP contribution in [0.2, 0.25) is 5.02 Å². The first-order chi connectivity index (χ1) is 10.8. The molecule has 1 N–H and O–H groups in total. The Morgan fingerprint density at radius 3 is 2.57 bits per heavy atom. The third-order valence-corrected chi connectivity index (χ3v) is 4.13. The molecule has 0 radical (unpaired) electrons. The van der Waals surface area contributed by atoms with Crippen molar-refractivity contribution in [2.45, 2.75) is 11.8 Å². The number of para-hydroxylation sites is 1. The molecule has 2 aromatic carbocycles. The quantitative estimate of drug-likeness (QED) is 0.773. The van der Waals surface area contributed by atoms with Gasteiger partial charge < -0.3 is 10.1 Å². The molecule has 23 heavy (non-hydrogen) atoms. The minimum atomic E-state index is -4.57. The van der Waals surface area contributed by atoms with Gasteiger partial charge in [0.05, 0.1) is 24.9 Å². The zero-order chi connectivity index (χ0) is 16.8. The predicted molar refractivity (Wildman–Crippen MR) is 79.8 cm³/mol. The van der Waals surface area contributed by atoms with Crippen molar-refractivity contribution in [1.29, 1.82) is 0 Å². The van der Waals surface area contributed by atoms with Crippen LogP contribution in [0.3, 0.4) is 0 Å². The maximum atomic E-state index is 15.7. The van der Waals surface area contributed by atoms with E-state index in [-0.39, 0.29) is 34.1 Å². The van der Waals surface area contributed by atoms with Crippen LogP contribution in [0, 0.1) is 0 Å². The van der Waals surface area contributed by atoms with Crippen LogP contribution in [0.15, 0.2) is 36.4 Å². The van der Waals surface area contributed by atoms with Crippen molar-refractivity contribution in [1.82, 2.24) is 0 Å². The third-order valence-electron chi connectivity index (χ3n) is 3.89. The van der Waals surface area contributed by atoms with Crippen LogP contribution in [-0.2, 0) is 11.8 Å². The molecule has 0 bridgehead atoms. The minimum absolute atomic E-state index is 0.0760. The number of ether oxygens (including phenoxy) is 1. The summed E-state index contributed by atoms with van der Waals surface area (Å²) in [4.78, 5) is 0. The second-order valence-corrected chi connectivity index (χ2v) is 5.66. The number of benzene rings is 2. The van der Waals surface area contributed by atoms with Crippen LogP contribution in [0.1, 0.15) is 16.7 Å². The molecule has 1 aliphatic heterocycles. The Morgan fingerprint density at radius 2 is 1.91 bits per heavy atom. The van der Waals surface area contributed by atoms with Crippen LogP contribution in [0.5, 0.6) is 5.75 Å². The molecule has 1 heterocycles. The number of anilines is 1. The number of halogens is 5. The van der Waals surface area contributed by atoms with Gasteiger partial charge in [-0.3, -0.25) is 0 Å². The van der Waals surface area contributed by atoms with Gasteiger partial charge in [0.15, 0.2) is 5.67 Å². The van der Waals surface area contributed by atoms with Gasteiger partial charge in [0, 0.05) is 16.1 Å². The lowest BCUT2D eigenvalue weighted by Gasteiger charge is -2.23. The van der Waals surface area contributed by atoms with E-state index in [1.807, 2.05) is 0 Å². The van der Waals surface area contributed by atoms with E-state index in [1.54, 1.807) is 0 Å². The number of rotatable bonds is 2. The highest BCUT2D eigenvalue weighted by Gasteiger charge is 2.47. The van der Waals surface area contributed by atoms with Crippen molar-refractivity contribution in [2.24, 2.45) is 0 Å². The second kappa shape index (κ2) is 5.30. The standard InChI is InChI=1S/C16H12ClF4NO/c1-23-13-6-5-9(17)7-12(13)15(18)8-22-14-10(15)3-2-4-11(14)16(19,20)21/h2-7,22H,8H2,1H3. The van der Waals surface area contributed by atoms with Crippen LogP contribution in [-0.4, -0.2) is 13.7 Å². The molecule has 2 aromatic rings. The molecule has 0 amide bonds. The van der Waals surface area contributed by atoms with Crippen LogP contribution in [0.25, 0.3) is 0 Å². The first-order valence-electron chi connectivity index (χ1n) is 6.75. The molecule has 1 atom stereocenters. The van der Waals surface area contributed by atoms with Gasteiger partial charge in [0.2, 0.25) is 0 Å². The van der Waals surface area contributed by atoms with Gasteiger partial charge in [-0.1, -0.05) is 23.7 Å². The SMILES string of the molecule is COc1ccc(Cl)cc1C1(F)CNc2c(C(F)(F)F)cccc21. The summed E-state index contributed by atoms with van der Waals surface area (Å²) in [7, 11) is 1.37. The molecule has 0 saturated heterocycles. The first kappa shape index (κ1) is 15.9. The van der Waals surface area contributed by atoms with Crippen LogP contribution in [0.4, 0.5) is 23.2 Å². The van der Waals surface area contributed by atoms with Gasteiger partial charge in [-0.05, 0) is 24.3 Å². The van der Waals surface area contributed by atoms with Crippen LogP contribution < -0.4 is 10.1 Å². The Labute approximate surface area is 135 Å². The number of hydrogen-bond donors (Lipinski definition) is 1. The largest absolute Gasteiger partial charge is 0.496 e. The molecule has 0 aromatic heterocycles. The maximum absolute atomic E-state index is 15.7. The number of hydrogen-bond acceptors (Lipinski definition) is 2. The van der Waals surface area contributed by atoms with E-state index in [0.29, 0.717) is 0 Å². The van der Waals surface area contributed by atoms with E-state index in [4.69, 9.17) is 16.3 Å². The first-order valence-corrected chi connectivity index (χ1v) is 7.12. The number of nitrogens with one attached hydrogen (secondary N) is 1. The maximum Gasteiger partial charge on any atom is 0.418 e. The number of alkyl halides is 4. The zero-order valence-electron chi connectivity index (χ0n) is 12.0. The lowest BCUT2D eigenvalue weighted by molar-refractivity contribution is -0.136. The summed E-state index contributed by atoms with van der Waals surface area (Å²) in [6.07, 6.45) is -4.57. The fourth-order valence-electron chi connectivity index (χ4n) is 2.84. The van der Waals surface area contributed by atoms with Gasteiger partial charge in [0.1, 0.15) is 5.75 Å². The summed E-state index contributed by atoms with van der Waals surface area (Å²) < 4.78 is 60.1. The average Bonchev–Trinajstić information content (AvgIpc) is 2.85. The van der Waals surface area contributed by atoms with Gasteiger partial charge in [-0.2, -0.15) is 13.2 Å². The molecule has 1 aliphatic rings. The normalized spacial score (nSPS) is 20.1. The second-order valence-electron chi connectivity index (χ2n) is 5.23. The van der Waals surface area contributed by atoms with Gasteiger partial charge in [-0.15, -0.1) is 0 Å². The average molecular weight is 346 g/mol. The summed E-state index contributed by atoms with van der Waals surface area (Å²) in [5.41, 5.74) is -3.28. The Balaban J connectivity index is 2.21. The van der Waals surface area contributed by atoms with Crippen molar-refractivity contribution in [3.05, 3.63) is 58.1 Å². The Morgan fingerprint density at radius 1 is 1.17 bits per heavy atom. The molecule has 2 nitrogen and oxygen atoms in total. The summed E-state index contributed by atoms with van der Waals surface area (Å²) in [6, 6.07) is 7.85. The smallest absolute Gasteiger partial charge is 0.418 e. The molecule has 0 saturated carbocycles. The van der Waals surface area contributed by atoms with E-state index in [0.717, 1.165) is 6.07 Å². The number of fused-ring (bicyclic) bond motifs is 1. The molecule has 122 valence electrons. The summed E-state index contributed by atoms with van der Waals surface area (Å²) >= 11 is 5.92. The molecule has 0 fully saturated rings. The lowest BCUT2D eigenvalue weighted by Crippen LogP contribution is -2.24. The summed E-state index contributed by atoms with van der Waals surface area (Å²) in [5, 5.41) is 2.82. The lowest BCUT2D eigenvalue weighted by atomic mass is 9.88. The highest BCUT2D eigenvalue weighted by Crippen LogP contribution is 2.50. The topological polar surface area (TPSA) is 21.3 Å². The Kier molecular flexibility index (Phi) is 3.67. The molecular weight excluding hydrogens is 334 g/mol.